The predicted octanol–water partition coefficient (Wildman–Crippen LogP) is 6.32. The third-order valence-electron chi connectivity index (χ3n) is 8.87. The van der Waals surface area contributed by atoms with Gasteiger partial charge in [-0.15, -0.1) is 0 Å². The van der Waals surface area contributed by atoms with Crippen LogP contribution >= 0.6 is 0 Å². The molecule has 1 amide bonds. The van der Waals surface area contributed by atoms with E-state index in [2.05, 4.69) is 0 Å². The lowest BCUT2D eigenvalue weighted by molar-refractivity contribution is -0.144. The third-order valence-corrected chi connectivity index (χ3v) is 8.87. The van der Waals surface area contributed by atoms with Crippen molar-refractivity contribution in [2.24, 2.45) is 17.8 Å². The van der Waals surface area contributed by atoms with Crippen molar-refractivity contribution in [2.45, 2.75) is 71.1 Å². The summed E-state index contributed by atoms with van der Waals surface area (Å²) in [5.41, 5.74) is 2.32. The number of nitrogens with zero attached hydrogens (tertiary/aromatic N) is 1. The maximum atomic E-state index is 13.9. The van der Waals surface area contributed by atoms with Crippen LogP contribution in [0.3, 0.4) is 0 Å². The van der Waals surface area contributed by atoms with Crippen LogP contribution in [0.5, 0.6) is 0 Å². The molecule has 7 nitrogen and oxygen atoms in total. The number of Topliss-reactive ketones (excluding diaryl/α,β-unsaturated/α-hetero) is 1. The van der Waals surface area contributed by atoms with Gasteiger partial charge in [0.15, 0.2) is 5.78 Å². The van der Waals surface area contributed by atoms with E-state index >= 15 is 0 Å². The summed E-state index contributed by atoms with van der Waals surface area (Å²) in [6.07, 6.45) is 3.42. The second-order valence-corrected chi connectivity index (χ2v) is 11.7. The smallest absolute Gasteiger partial charge is 0.374 e. The number of amides is 1. The highest BCUT2D eigenvalue weighted by Crippen LogP contribution is 2.36. The van der Waals surface area contributed by atoms with Crippen LogP contribution < -0.4 is 0 Å². The first-order valence-electron chi connectivity index (χ1n) is 15.1. The number of furan rings is 1. The number of hydrogen-bond acceptors (Lipinski definition) is 6. The molecule has 0 radical (unpaired) electrons. The van der Waals surface area contributed by atoms with E-state index in [1.165, 1.54) is 0 Å². The quantitative estimate of drug-likeness (QED) is 0.248. The van der Waals surface area contributed by atoms with Gasteiger partial charge in [0.25, 0.3) is 0 Å². The van der Waals surface area contributed by atoms with Gasteiger partial charge >= 0.3 is 5.97 Å². The lowest BCUT2D eigenvalue weighted by atomic mass is 9.76. The van der Waals surface area contributed by atoms with Gasteiger partial charge in [-0.2, -0.15) is 0 Å². The largest absolute Gasteiger partial charge is 0.460 e. The Bertz CT molecular complexity index is 1380. The zero-order valence-electron chi connectivity index (χ0n) is 24.4. The van der Waals surface area contributed by atoms with Gasteiger partial charge in [-0.05, 0) is 80.2 Å². The predicted molar refractivity (Wildman–Crippen MR) is 157 cm³/mol. The van der Waals surface area contributed by atoms with E-state index < -0.39 is 18.1 Å². The van der Waals surface area contributed by atoms with Crippen LogP contribution in [0, 0.1) is 17.8 Å². The van der Waals surface area contributed by atoms with E-state index in [0.29, 0.717) is 36.5 Å². The summed E-state index contributed by atoms with van der Waals surface area (Å²) in [4.78, 5) is 41.6. The molecule has 1 aliphatic carbocycles. The molecule has 0 N–H and O–H groups in total. The summed E-state index contributed by atoms with van der Waals surface area (Å²) in [6.45, 7) is 4.42. The molecule has 224 valence electrons. The van der Waals surface area contributed by atoms with Crippen molar-refractivity contribution in [1.29, 1.82) is 0 Å². The van der Waals surface area contributed by atoms with Gasteiger partial charge < -0.3 is 18.8 Å². The van der Waals surface area contributed by atoms with E-state index in [-0.39, 0.29) is 49.0 Å². The van der Waals surface area contributed by atoms with Crippen molar-refractivity contribution in [2.75, 3.05) is 19.8 Å². The normalized spacial score (nSPS) is 23.2. The molecule has 3 aromatic rings. The van der Waals surface area contributed by atoms with Crippen LogP contribution in [0.1, 0.15) is 67.6 Å². The average molecular weight is 578 g/mol. The maximum absolute atomic E-state index is 13.9. The monoisotopic (exact) mass is 577 g/mol. The molecule has 2 fully saturated rings. The van der Waals surface area contributed by atoms with E-state index in [9.17, 15) is 18.8 Å². The molecule has 5 rings (SSSR count). The van der Waals surface area contributed by atoms with Crippen molar-refractivity contribution in [3.05, 3.63) is 71.5 Å². The molecular weight excluding hydrogens is 537 g/mol. The molecular formula is C34H40FNO6. The number of likely N-dealkylation sites (tertiary alicyclic amines) is 1. The second kappa shape index (κ2) is 13.6. The molecule has 0 bridgehead atoms. The van der Waals surface area contributed by atoms with Crippen molar-refractivity contribution >= 4 is 28.6 Å². The van der Waals surface area contributed by atoms with E-state index in [4.69, 9.17) is 13.9 Å². The number of hydrogen-bond donors (Lipinski definition) is 0. The lowest BCUT2D eigenvalue weighted by Gasteiger charge is -2.35. The summed E-state index contributed by atoms with van der Waals surface area (Å²) < 4.78 is 30.2. The molecule has 8 heteroatoms. The standard InChI is InChI=1S/C34H40FNO6/c1-3-40-34(39)31-19-27-17-24(9-14-29(27)42-31)18-28(37)32-30(41-21-23-7-5-4-6-8-23)15-16-36(32)33(38)26-12-10-25(11-13-26)22(2)20-35/h4-9,14,17,19,22,25-26,30,32H,3,10-13,15-16,18,20-21H2,1-2H3/t22-,25?,26?,30-,32-/m1/s1. The summed E-state index contributed by atoms with van der Waals surface area (Å²) in [5.74, 6) is -0.314. The minimum Gasteiger partial charge on any atom is -0.460 e. The van der Waals surface area contributed by atoms with Gasteiger partial charge in [0, 0.05) is 24.3 Å². The molecule has 1 saturated carbocycles. The number of alkyl halides is 1. The Hall–Kier alpha value is -3.52. The van der Waals surface area contributed by atoms with Gasteiger partial charge in [-0.25, -0.2) is 4.79 Å². The molecule has 1 saturated heterocycles. The summed E-state index contributed by atoms with van der Waals surface area (Å²) in [7, 11) is 0. The van der Waals surface area contributed by atoms with Crippen LogP contribution in [-0.4, -0.2) is 54.5 Å². The average Bonchev–Trinajstić information content (AvgIpc) is 3.64. The fourth-order valence-corrected chi connectivity index (χ4v) is 6.45. The number of rotatable bonds is 11. The van der Waals surface area contributed by atoms with Crippen LogP contribution in [0.25, 0.3) is 11.0 Å². The Balaban J connectivity index is 1.32. The lowest BCUT2D eigenvalue weighted by Crippen LogP contribution is -2.49. The minimum atomic E-state index is -0.682. The summed E-state index contributed by atoms with van der Waals surface area (Å²) in [6, 6.07) is 16.2. The van der Waals surface area contributed by atoms with Crippen molar-refractivity contribution < 1.29 is 32.7 Å². The van der Waals surface area contributed by atoms with Crippen molar-refractivity contribution in [1.82, 2.24) is 4.90 Å². The number of carbonyl (C=O) groups is 3. The number of fused-ring (bicyclic) bond motifs is 1. The van der Waals surface area contributed by atoms with Crippen molar-refractivity contribution in [3.63, 3.8) is 0 Å². The zero-order chi connectivity index (χ0) is 29.6. The van der Waals surface area contributed by atoms with E-state index in [0.717, 1.165) is 36.8 Å². The highest BCUT2D eigenvalue weighted by molar-refractivity contribution is 5.95. The Labute approximate surface area is 246 Å². The van der Waals surface area contributed by atoms with Crippen LogP contribution in [0.4, 0.5) is 4.39 Å². The Kier molecular flexibility index (Phi) is 9.73. The van der Waals surface area contributed by atoms with Gasteiger partial charge in [0.1, 0.15) is 11.6 Å². The minimum absolute atomic E-state index is 0.00915. The highest BCUT2D eigenvalue weighted by Gasteiger charge is 2.44. The number of esters is 1. The van der Waals surface area contributed by atoms with Gasteiger partial charge in [0.2, 0.25) is 11.7 Å². The molecule has 2 heterocycles. The molecule has 0 spiro atoms. The molecule has 42 heavy (non-hydrogen) atoms. The third kappa shape index (κ3) is 6.75. The Morgan fingerprint density at radius 1 is 1.00 bits per heavy atom. The number of ketones is 1. The topological polar surface area (TPSA) is 86.1 Å². The highest BCUT2D eigenvalue weighted by atomic mass is 19.1. The van der Waals surface area contributed by atoms with Crippen LogP contribution in [0.15, 0.2) is 59.0 Å². The number of ether oxygens (including phenoxy) is 2. The fraction of sp³-hybridized carbons (Fsp3) is 0.500. The first-order chi connectivity index (χ1) is 20.4. The zero-order valence-corrected chi connectivity index (χ0v) is 24.4. The van der Waals surface area contributed by atoms with E-state index in [1.54, 1.807) is 24.0 Å². The Morgan fingerprint density at radius 3 is 2.48 bits per heavy atom. The van der Waals surface area contributed by atoms with Gasteiger partial charge in [-0.1, -0.05) is 43.3 Å². The van der Waals surface area contributed by atoms with E-state index in [1.807, 2.05) is 49.4 Å². The molecule has 0 unspecified atom stereocenters. The molecule has 2 aliphatic rings. The van der Waals surface area contributed by atoms with Crippen molar-refractivity contribution in [3.8, 4) is 0 Å². The molecule has 2 aromatic carbocycles. The fourth-order valence-electron chi connectivity index (χ4n) is 6.45. The maximum Gasteiger partial charge on any atom is 0.374 e. The first-order valence-corrected chi connectivity index (χ1v) is 15.1. The summed E-state index contributed by atoms with van der Waals surface area (Å²) >= 11 is 0. The second-order valence-electron chi connectivity index (χ2n) is 11.7. The SMILES string of the molecule is CCOC(=O)c1cc2cc(CC(=O)[C@@H]3[C@H](OCc4ccccc4)CCN3C(=O)C3CCC([C@H](C)CF)CC3)ccc2o1. The van der Waals surface area contributed by atoms with Crippen LogP contribution in [0.2, 0.25) is 0 Å². The number of halogens is 1. The van der Waals surface area contributed by atoms with Gasteiger partial charge in [-0.3, -0.25) is 14.0 Å². The van der Waals surface area contributed by atoms with Crippen LogP contribution in [-0.2, 0) is 32.1 Å². The molecule has 3 atom stereocenters. The molecule has 1 aromatic heterocycles. The first kappa shape index (κ1) is 30.0. The number of carbonyl (C=O) groups excluding carboxylic acids is 3. The summed E-state index contributed by atoms with van der Waals surface area (Å²) in [5, 5.41) is 0.707. The molecule has 1 aliphatic heterocycles. The number of benzene rings is 2. The van der Waals surface area contributed by atoms with Gasteiger partial charge in [0.05, 0.1) is 26.0 Å². The Morgan fingerprint density at radius 2 is 1.76 bits per heavy atom.